The molecule has 0 aromatic heterocycles. The Labute approximate surface area is 209 Å². The summed E-state index contributed by atoms with van der Waals surface area (Å²) < 4.78 is 37.6. The molecule has 0 radical (unpaired) electrons. The Bertz CT molecular complexity index is 1230. The summed E-state index contributed by atoms with van der Waals surface area (Å²) in [4.78, 5) is 13.1. The molecule has 1 saturated heterocycles. The average molecular weight is 509 g/mol. The minimum Gasteiger partial charge on any atom is -0.459 e. The minimum absolute atomic E-state index is 0.0429. The van der Waals surface area contributed by atoms with Crippen molar-refractivity contribution in [3.05, 3.63) is 91.0 Å². The van der Waals surface area contributed by atoms with Crippen LogP contribution in [0.4, 0.5) is 0 Å². The highest BCUT2D eigenvalue weighted by Gasteiger charge is 2.57. The number of benzene rings is 3. The van der Waals surface area contributed by atoms with Gasteiger partial charge in [-0.2, -0.15) is 0 Å². The quantitative estimate of drug-likeness (QED) is 0.355. The molecule has 7 heteroatoms. The van der Waals surface area contributed by atoms with Crippen molar-refractivity contribution in [2.75, 3.05) is 6.61 Å². The van der Waals surface area contributed by atoms with E-state index in [0.29, 0.717) is 0 Å². The van der Waals surface area contributed by atoms with Crippen LogP contribution in [0.25, 0.3) is 0 Å². The molecule has 35 heavy (non-hydrogen) atoms. The Morgan fingerprint density at radius 1 is 0.886 bits per heavy atom. The van der Waals surface area contributed by atoms with E-state index in [1.165, 1.54) is 19.1 Å². The SMILES string of the molecule is CC(C)(C)[Si](OC[C@@H]1C[C@](C)(S(=O)(=O)c2ccccc2)C(=O)O1)(c1ccccc1)c1ccccc1. The lowest BCUT2D eigenvalue weighted by Gasteiger charge is -2.43. The van der Waals surface area contributed by atoms with Crippen LogP contribution in [-0.4, -0.2) is 40.2 Å². The smallest absolute Gasteiger partial charge is 0.328 e. The van der Waals surface area contributed by atoms with Crippen LogP contribution < -0.4 is 10.4 Å². The molecule has 0 aliphatic carbocycles. The molecule has 0 unspecified atom stereocenters. The minimum atomic E-state index is -3.93. The molecule has 3 aromatic rings. The zero-order valence-electron chi connectivity index (χ0n) is 20.6. The van der Waals surface area contributed by atoms with E-state index in [1.807, 2.05) is 36.4 Å². The first-order valence-electron chi connectivity index (χ1n) is 11.8. The van der Waals surface area contributed by atoms with E-state index in [0.717, 1.165) is 10.4 Å². The third kappa shape index (κ3) is 4.37. The summed E-state index contributed by atoms with van der Waals surface area (Å²) in [6.07, 6.45) is -0.617. The molecule has 2 atom stereocenters. The number of carbonyl (C=O) groups excluding carboxylic acids is 1. The van der Waals surface area contributed by atoms with Crippen molar-refractivity contribution < 1.29 is 22.4 Å². The maximum Gasteiger partial charge on any atom is 0.328 e. The van der Waals surface area contributed by atoms with E-state index in [4.69, 9.17) is 9.16 Å². The summed E-state index contributed by atoms with van der Waals surface area (Å²) in [7, 11) is -6.76. The Morgan fingerprint density at radius 2 is 1.34 bits per heavy atom. The second-order valence-electron chi connectivity index (χ2n) is 10.3. The number of cyclic esters (lactones) is 1. The van der Waals surface area contributed by atoms with Crippen LogP contribution in [0.5, 0.6) is 0 Å². The lowest BCUT2D eigenvalue weighted by atomic mass is 10.1. The Morgan fingerprint density at radius 3 is 1.80 bits per heavy atom. The van der Waals surface area contributed by atoms with Crippen molar-refractivity contribution >= 4 is 34.5 Å². The Hall–Kier alpha value is -2.74. The lowest BCUT2D eigenvalue weighted by Crippen LogP contribution is -2.67. The van der Waals surface area contributed by atoms with E-state index in [1.54, 1.807) is 18.2 Å². The number of rotatable bonds is 7. The summed E-state index contributed by atoms with van der Waals surface area (Å²) in [5.74, 6) is -0.725. The van der Waals surface area contributed by atoms with Crippen molar-refractivity contribution in [2.45, 2.75) is 54.9 Å². The van der Waals surface area contributed by atoms with E-state index < -0.39 is 35.0 Å². The number of ether oxygens (including phenoxy) is 1. The largest absolute Gasteiger partial charge is 0.459 e. The predicted molar refractivity (Wildman–Crippen MR) is 140 cm³/mol. The predicted octanol–water partition coefficient (Wildman–Crippen LogP) is 4.11. The third-order valence-electron chi connectivity index (χ3n) is 6.87. The zero-order valence-corrected chi connectivity index (χ0v) is 22.4. The van der Waals surface area contributed by atoms with Gasteiger partial charge in [0.15, 0.2) is 14.6 Å². The van der Waals surface area contributed by atoms with Gasteiger partial charge in [-0.05, 0) is 34.5 Å². The summed E-state index contributed by atoms with van der Waals surface area (Å²) in [5, 5.41) is 1.99. The van der Waals surface area contributed by atoms with Crippen LogP contribution in [0.2, 0.25) is 5.04 Å². The standard InChI is InChI=1S/C28H32O5SSi/c1-27(2,3)35(24-16-10-6-11-17-24,25-18-12-7-13-19-25)32-21-22-20-28(4,26(29)33-22)34(30,31)23-14-8-5-9-15-23/h5-19,22H,20-21H2,1-4H3/t22-,28-/m0/s1. The molecule has 1 aliphatic heterocycles. The van der Waals surface area contributed by atoms with Gasteiger partial charge >= 0.3 is 5.97 Å². The van der Waals surface area contributed by atoms with E-state index in [9.17, 15) is 13.2 Å². The summed E-state index contributed by atoms with van der Waals surface area (Å²) in [6, 6.07) is 28.4. The molecule has 0 saturated carbocycles. The summed E-state index contributed by atoms with van der Waals surface area (Å²) in [6.45, 7) is 8.09. The molecular weight excluding hydrogens is 476 g/mol. The van der Waals surface area contributed by atoms with Gasteiger partial charge in [-0.15, -0.1) is 0 Å². The van der Waals surface area contributed by atoms with Crippen molar-refractivity contribution in [3.63, 3.8) is 0 Å². The highest BCUT2D eigenvalue weighted by Crippen LogP contribution is 2.40. The van der Waals surface area contributed by atoms with Gasteiger partial charge in [-0.1, -0.05) is 99.6 Å². The fraction of sp³-hybridized carbons (Fsp3) is 0.321. The topological polar surface area (TPSA) is 69.7 Å². The number of esters is 1. The van der Waals surface area contributed by atoms with E-state index in [2.05, 4.69) is 45.0 Å². The first-order valence-corrected chi connectivity index (χ1v) is 15.2. The van der Waals surface area contributed by atoms with Crippen LogP contribution in [0.1, 0.15) is 34.1 Å². The highest BCUT2D eigenvalue weighted by molar-refractivity contribution is 7.93. The number of hydrogen-bond acceptors (Lipinski definition) is 5. The molecule has 0 spiro atoms. The van der Waals surface area contributed by atoms with Crippen molar-refractivity contribution in [1.82, 2.24) is 0 Å². The fourth-order valence-corrected chi connectivity index (χ4v) is 11.3. The molecule has 1 heterocycles. The van der Waals surface area contributed by atoms with Gasteiger partial charge in [0.05, 0.1) is 11.5 Å². The molecule has 184 valence electrons. The lowest BCUT2D eigenvalue weighted by molar-refractivity contribution is -0.144. The second kappa shape index (κ2) is 9.37. The number of sulfone groups is 1. The van der Waals surface area contributed by atoms with Crippen LogP contribution in [-0.2, 0) is 23.8 Å². The monoisotopic (exact) mass is 508 g/mol. The molecule has 1 fully saturated rings. The van der Waals surface area contributed by atoms with Gasteiger partial charge in [0.2, 0.25) is 0 Å². The summed E-state index contributed by atoms with van der Waals surface area (Å²) >= 11 is 0. The number of carbonyl (C=O) groups is 1. The maximum absolute atomic E-state index is 13.4. The van der Waals surface area contributed by atoms with E-state index >= 15 is 0 Å². The molecule has 3 aromatic carbocycles. The molecular formula is C28H32O5SSi. The second-order valence-corrected chi connectivity index (χ2v) is 16.9. The summed E-state index contributed by atoms with van der Waals surface area (Å²) in [5.41, 5.74) is 0. The first kappa shape index (κ1) is 25.4. The molecule has 1 aliphatic rings. The molecule has 0 amide bonds. The van der Waals surface area contributed by atoms with Crippen LogP contribution in [0, 0.1) is 0 Å². The van der Waals surface area contributed by atoms with Crippen molar-refractivity contribution in [3.8, 4) is 0 Å². The van der Waals surface area contributed by atoms with Gasteiger partial charge in [0.25, 0.3) is 8.32 Å². The van der Waals surface area contributed by atoms with Gasteiger partial charge in [0.1, 0.15) is 6.10 Å². The fourth-order valence-electron chi connectivity index (χ4n) is 4.99. The number of hydrogen-bond donors (Lipinski definition) is 0. The van der Waals surface area contributed by atoms with Crippen LogP contribution in [0.3, 0.4) is 0 Å². The Balaban J connectivity index is 1.68. The maximum atomic E-state index is 13.4. The van der Waals surface area contributed by atoms with Gasteiger partial charge in [-0.3, -0.25) is 4.79 Å². The molecule has 4 rings (SSSR count). The van der Waals surface area contributed by atoms with Crippen LogP contribution >= 0.6 is 0 Å². The van der Waals surface area contributed by atoms with Crippen LogP contribution in [0.15, 0.2) is 95.9 Å². The first-order chi connectivity index (χ1) is 16.5. The van der Waals surface area contributed by atoms with Crippen molar-refractivity contribution in [2.24, 2.45) is 0 Å². The normalized spacial score (nSPS) is 21.0. The van der Waals surface area contributed by atoms with E-state index in [-0.39, 0.29) is 23.0 Å². The average Bonchev–Trinajstić information content (AvgIpc) is 3.15. The van der Waals surface area contributed by atoms with Gasteiger partial charge < -0.3 is 9.16 Å². The molecule has 0 N–H and O–H groups in total. The van der Waals surface area contributed by atoms with Gasteiger partial charge in [0, 0.05) is 6.42 Å². The third-order valence-corrected chi connectivity index (χ3v) is 14.3. The Kier molecular flexibility index (Phi) is 6.79. The van der Waals surface area contributed by atoms with Crippen molar-refractivity contribution in [1.29, 1.82) is 0 Å². The van der Waals surface area contributed by atoms with Gasteiger partial charge in [-0.25, -0.2) is 8.42 Å². The molecule has 0 bridgehead atoms. The highest BCUT2D eigenvalue weighted by atomic mass is 32.2. The zero-order chi connectivity index (χ0) is 25.3. The molecule has 5 nitrogen and oxygen atoms in total.